The van der Waals surface area contributed by atoms with Crippen LogP contribution in [0.5, 0.6) is 0 Å². The zero-order chi connectivity index (χ0) is 17.8. The third-order valence-electron chi connectivity index (χ3n) is 5.27. The van der Waals surface area contributed by atoms with Gasteiger partial charge in [0.1, 0.15) is 5.01 Å². The molecule has 1 aromatic heterocycles. The van der Waals surface area contributed by atoms with Gasteiger partial charge in [-0.15, -0.1) is 11.3 Å². The van der Waals surface area contributed by atoms with E-state index < -0.39 is 0 Å². The van der Waals surface area contributed by atoms with Crippen molar-refractivity contribution in [1.29, 1.82) is 0 Å². The van der Waals surface area contributed by atoms with Crippen LogP contribution in [-0.4, -0.2) is 40.3 Å². The first kappa shape index (κ1) is 18.1. The van der Waals surface area contributed by atoms with Crippen molar-refractivity contribution >= 4 is 17.2 Å². The van der Waals surface area contributed by atoms with Crippen molar-refractivity contribution in [1.82, 2.24) is 14.8 Å². The van der Waals surface area contributed by atoms with Gasteiger partial charge >= 0.3 is 0 Å². The minimum Gasteiger partial charge on any atom is -0.338 e. The third kappa shape index (κ3) is 4.47. The predicted octanol–water partition coefficient (Wildman–Crippen LogP) is 4.03. The minimum atomic E-state index is 0.276. The van der Waals surface area contributed by atoms with Crippen LogP contribution in [0.3, 0.4) is 0 Å². The van der Waals surface area contributed by atoms with Gasteiger partial charge in [-0.1, -0.05) is 29.8 Å². The van der Waals surface area contributed by atoms with Crippen LogP contribution >= 0.6 is 11.3 Å². The van der Waals surface area contributed by atoms with Gasteiger partial charge in [-0.25, -0.2) is 4.98 Å². The van der Waals surface area contributed by atoms with Crippen molar-refractivity contribution in [2.24, 2.45) is 0 Å². The average molecular weight is 358 g/mol. The summed E-state index contributed by atoms with van der Waals surface area (Å²) in [6.07, 6.45) is 4.44. The molecule has 0 radical (unpaired) electrons. The molecule has 1 amide bonds. The Bertz CT molecular complexity index is 683. The van der Waals surface area contributed by atoms with E-state index in [1.807, 2.05) is 16.5 Å². The Morgan fingerprint density at radius 3 is 2.76 bits per heavy atom. The SMILES string of the molecule is Cc1ccc(CN2CC[C@@H](N(C)[C@@H](C)c3nccs3)CCC2=O)cc1. The van der Waals surface area contributed by atoms with Gasteiger partial charge in [-0.05, 0) is 39.3 Å². The van der Waals surface area contributed by atoms with Gasteiger partial charge in [0.25, 0.3) is 0 Å². The zero-order valence-electron chi connectivity index (χ0n) is 15.3. The van der Waals surface area contributed by atoms with E-state index in [4.69, 9.17) is 0 Å². The van der Waals surface area contributed by atoms with E-state index in [0.29, 0.717) is 18.5 Å². The smallest absolute Gasteiger partial charge is 0.222 e. The summed E-state index contributed by atoms with van der Waals surface area (Å²) < 4.78 is 0. The Balaban J connectivity index is 1.62. The lowest BCUT2D eigenvalue weighted by molar-refractivity contribution is -0.131. The minimum absolute atomic E-state index is 0.276. The second-order valence-corrected chi connectivity index (χ2v) is 7.92. The lowest BCUT2D eigenvalue weighted by Gasteiger charge is -2.31. The standard InChI is InChI=1S/C20H27N3OS/c1-15-4-6-17(7-5-15)14-23-12-10-18(8-9-19(23)24)22(3)16(2)20-21-11-13-25-20/h4-7,11,13,16,18H,8-10,12,14H2,1-3H3/t16-,18-/m0/s1. The summed E-state index contributed by atoms with van der Waals surface area (Å²) in [5.41, 5.74) is 2.46. The number of carbonyl (C=O) groups is 1. The normalized spacial score (nSPS) is 19.9. The summed E-state index contributed by atoms with van der Waals surface area (Å²) in [7, 11) is 2.16. The molecular formula is C20H27N3OS. The van der Waals surface area contributed by atoms with Crippen LogP contribution in [0.1, 0.15) is 48.4 Å². The van der Waals surface area contributed by atoms with Crippen LogP contribution in [0, 0.1) is 6.92 Å². The van der Waals surface area contributed by atoms with Gasteiger partial charge in [0.2, 0.25) is 5.91 Å². The fourth-order valence-electron chi connectivity index (χ4n) is 3.44. The Hall–Kier alpha value is -1.72. The molecule has 0 unspecified atom stereocenters. The maximum absolute atomic E-state index is 12.5. The van der Waals surface area contributed by atoms with Crippen LogP contribution < -0.4 is 0 Å². The number of thiazole rings is 1. The molecule has 25 heavy (non-hydrogen) atoms. The molecule has 4 nitrogen and oxygen atoms in total. The largest absolute Gasteiger partial charge is 0.338 e. The Labute approximate surface area is 154 Å². The maximum Gasteiger partial charge on any atom is 0.222 e. The summed E-state index contributed by atoms with van der Waals surface area (Å²) in [6, 6.07) is 9.20. The number of benzene rings is 1. The second kappa shape index (κ2) is 8.11. The Kier molecular flexibility index (Phi) is 5.86. The molecule has 3 rings (SSSR count). The lowest BCUT2D eigenvalue weighted by Crippen LogP contribution is -2.35. The molecular weight excluding hydrogens is 330 g/mol. The molecule has 2 heterocycles. The first-order chi connectivity index (χ1) is 12.0. The van der Waals surface area contributed by atoms with Crippen molar-refractivity contribution in [3.8, 4) is 0 Å². The van der Waals surface area contributed by atoms with Crippen molar-refractivity contribution in [2.75, 3.05) is 13.6 Å². The van der Waals surface area contributed by atoms with Gasteiger partial charge < -0.3 is 4.90 Å². The number of aryl methyl sites for hydroxylation is 1. The van der Waals surface area contributed by atoms with Gasteiger partial charge in [0.15, 0.2) is 0 Å². The lowest BCUT2D eigenvalue weighted by atomic mass is 10.1. The average Bonchev–Trinajstić information content (AvgIpc) is 3.09. The monoisotopic (exact) mass is 357 g/mol. The van der Waals surface area contributed by atoms with Crippen molar-refractivity contribution in [2.45, 2.75) is 51.7 Å². The number of carbonyl (C=O) groups excluding carboxylic acids is 1. The molecule has 2 aromatic rings. The number of likely N-dealkylation sites (tertiary alicyclic amines) is 1. The molecule has 2 atom stereocenters. The van der Waals surface area contributed by atoms with E-state index in [2.05, 4.69) is 55.0 Å². The fourth-order valence-corrected chi connectivity index (χ4v) is 4.19. The second-order valence-electron chi connectivity index (χ2n) is 6.99. The van der Waals surface area contributed by atoms with E-state index in [1.165, 1.54) is 11.1 Å². The van der Waals surface area contributed by atoms with Crippen LogP contribution in [0.15, 0.2) is 35.8 Å². The molecule has 0 bridgehead atoms. The van der Waals surface area contributed by atoms with Gasteiger partial charge in [-0.3, -0.25) is 9.69 Å². The summed E-state index contributed by atoms with van der Waals surface area (Å²) in [6.45, 7) is 5.84. The molecule has 0 saturated carbocycles. The Morgan fingerprint density at radius 2 is 2.08 bits per heavy atom. The van der Waals surface area contributed by atoms with Gasteiger partial charge in [-0.2, -0.15) is 0 Å². The van der Waals surface area contributed by atoms with Crippen LogP contribution in [0.4, 0.5) is 0 Å². The number of nitrogens with zero attached hydrogens (tertiary/aromatic N) is 3. The molecule has 1 aliphatic heterocycles. The maximum atomic E-state index is 12.5. The first-order valence-electron chi connectivity index (χ1n) is 8.99. The van der Waals surface area contributed by atoms with Crippen molar-refractivity contribution < 1.29 is 4.79 Å². The van der Waals surface area contributed by atoms with E-state index in [9.17, 15) is 4.79 Å². The quantitative estimate of drug-likeness (QED) is 0.811. The van der Waals surface area contributed by atoms with Gasteiger partial charge in [0, 0.05) is 37.1 Å². The molecule has 0 N–H and O–H groups in total. The fraction of sp³-hybridized carbons (Fsp3) is 0.500. The number of hydrogen-bond acceptors (Lipinski definition) is 4. The zero-order valence-corrected chi connectivity index (χ0v) is 16.1. The molecule has 1 aromatic carbocycles. The van der Waals surface area contributed by atoms with Crippen molar-refractivity contribution in [3.05, 3.63) is 52.0 Å². The molecule has 5 heteroatoms. The van der Waals surface area contributed by atoms with E-state index in [1.54, 1.807) is 11.3 Å². The number of rotatable bonds is 5. The highest BCUT2D eigenvalue weighted by molar-refractivity contribution is 7.09. The summed E-state index contributed by atoms with van der Waals surface area (Å²) in [5, 5.41) is 3.18. The topological polar surface area (TPSA) is 36.4 Å². The van der Waals surface area contributed by atoms with E-state index in [0.717, 1.165) is 30.9 Å². The molecule has 0 spiro atoms. The molecule has 1 aliphatic rings. The predicted molar refractivity (Wildman–Crippen MR) is 103 cm³/mol. The van der Waals surface area contributed by atoms with E-state index in [-0.39, 0.29) is 5.91 Å². The summed E-state index contributed by atoms with van der Waals surface area (Å²) >= 11 is 1.70. The van der Waals surface area contributed by atoms with Crippen LogP contribution in [-0.2, 0) is 11.3 Å². The molecule has 0 aliphatic carbocycles. The third-order valence-corrected chi connectivity index (χ3v) is 6.21. The molecule has 1 fully saturated rings. The van der Waals surface area contributed by atoms with Crippen LogP contribution in [0.25, 0.3) is 0 Å². The van der Waals surface area contributed by atoms with Crippen molar-refractivity contribution in [3.63, 3.8) is 0 Å². The summed E-state index contributed by atoms with van der Waals surface area (Å²) in [5.74, 6) is 0.276. The van der Waals surface area contributed by atoms with Crippen LogP contribution in [0.2, 0.25) is 0 Å². The van der Waals surface area contributed by atoms with E-state index >= 15 is 0 Å². The Morgan fingerprint density at radius 1 is 1.32 bits per heavy atom. The van der Waals surface area contributed by atoms with Gasteiger partial charge in [0.05, 0.1) is 6.04 Å². The molecule has 1 saturated heterocycles. The highest BCUT2D eigenvalue weighted by atomic mass is 32.1. The number of amides is 1. The number of hydrogen-bond donors (Lipinski definition) is 0. The molecule has 134 valence electrons. The number of aromatic nitrogens is 1. The first-order valence-corrected chi connectivity index (χ1v) is 9.87. The highest BCUT2D eigenvalue weighted by Crippen LogP contribution is 2.27. The highest BCUT2D eigenvalue weighted by Gasteiger charge is 2.28. The summed E-state index contributed by atoms with van der Waals surface area (Å²) in [4.78, 5) is 21.4.